The maximum Gasteiger partial charge on any atom is 0.472 e. The number of aliphatic hydroxyl groups excluding tert-OH is 1. The molecule has 0 aromatic heterocycles. The lowest BCUT2D eigenvalue weighted by Gasteiger charge is -2.18. The highest BCUT2D eigenvalue weighted by molar-refractivity contribution is 7.47. The summed E-state index contributed by atoms with van der Waals surface area (Å²) in [6.07, 6.45) is -1.99. The van der Waals surface area contributed by atoms with Gasteiger partial charge in [0.15, 0.2) is 0 Å². The quantitative estimate of drug-likeness (QED) is 0.455. The first-order valence-electron chi connectivity index (χ1n) is 4.56. The van der Waals surface area contributed by atoms with Gasteiger partial charge in [-0.3, -0.25) is 13.6 Å². The molecule has 1 unspecified atom stereocenters. The van der Waals surface area contributed by atoms with E-state index in [1.807, 2.05) is 0 Å². The first-order valence-corrected chi connectivity index (χ1v) is 7.59. The average Bonchev–Trinajstić information content (AvgIpc) is 2.11. The molecule has 0 aliphatic rings. The van der Waals surface area contributed by atoms with Gasteiger partial charge in [-0.2, -0.15) is 0 Å². The van der Waals surface area contributed by atoms with Crippen molar-refractivity contribution in [1.82, 2.24) is 0 Å². The second-order valence-electron chi connectivity index (χ2n) is 3.27. The van der Waals surface area contributed by atoms with Crippen molar-refractivity contribution in [3.05, 3.63) is 0 Å². The lowest BCUT2D eigenvalue weighted by atomic mass is 10.5. The molecular weight excluding hydrogens is 278 g/mol. The molecule has 0 amide bonds. The summed E-state index contributed by atoms with van der Waals surface area (Å²) in [5, 5.41) is 8.59. The minimum absolute atomic E-state index is 0.470. The van der Waals surface area contributed by atoms with Crippen molar-refractivity contribution in [3.63, 3.8) is 0 Å². The van der Waals surface area contributed by atoms with Crippen LogP contribution in [-0.2, 0) is 22.7 Å². The van der Waals surface area contributed by atoms with Crippen LogP contribution in [0.15, 0.2) is 0 Å². The molecule has 0 saturated carbocycles. The number of aliphatic hydroxyl groups is 1. The van der Waals surface area contributed by atoms with E-state index in [0.717, 1.165) is 0 Å². The Morgan fingerprint density at radius 3 is 2.00 bits per heavy atom. The number of hydrogen-bond donors (Lipinski definition) is 4. The van der Waals surface area contributed by atoms with Crippen molar-refractivity contribution in [2.45, 2.75) is 26.1 Å². The lowest BCUT2D eigenvalue weighted by Crippen LogP contribution is -2.17. The molecule has 0 radical (unpaired) electrons. The predicted molar refractivity (Wildman–Crippen MR) is 56.0 cm³/mol. The fourth-order valence-electron chi connectivity index (χ4n) is 0.755. The molecule has 4 N–H and O–H groups in total. The van der Waals surface area contributed by atoms with Crippen LogP contribution in [0, 0.1) is 0 Å². The average molecular weight is 294 g/mol. The van der Waals surface area contributed by atoms with E-state index >= 15 is 0 Å². The maximum atomic E-state index is 11.2. The molecule has 0 fully saturated rings. The van der Waals surface area contributed by atoms with E-state index in [0.29, 0.717) is 0 Å². The van der Waals surface area contributed by atoms with Gasteiger partial charge in [-0.05, 0) is 13.8 Å². The van der Waals surface area contributed by atoms with E-state index in [9.17, 15) is 9.13 Å². The lowest BCUT2D eigenvalue weighted by molar-refractivity contribution is 0.0479. The van der Waals surface area contributed by atoms with Crippen LogP contribution >= 0.6 is 15.6 Å². The predicted octanol–water partition coefficient (Wildman–Crippen LogP) is -0.00140. The van der Waals surface area contributed by atoms with Crippen LogP contribution < -0.4 is 0 Å². The summed E-state index contributed by atoms with van der Waals surface area (Å²) in [5.41, 5.74) is 0. The second kappa shape index (κ2) is 6.94. The van der Waals surface area contributed by atoms with Crippen LogP contribution in [-0.4, -0.2) is 45.2 Å². The van der Waals surface area contributed by atoms with Gasteiger partial charge in [0.1, 0.15) is 0 Å². The summed E-state index contributed by atoms with van der Waals surface area (Å²) in [4.78, 5) is 26.0. The van der Waals surface area contributed by atoms with E-state index in [1.54, 1.807) is 0 Å². The number of rotatable bonds is 8. The minimum Gasteiger partial charge on any atom is -0.394 e. The Labute approximate surface area is 98.2 Å². The number of phosphoric ester groups is 2. The Hall–Kier alpha value is 0.180. The van der Waals surface area contributed by atoms with E-state index < -0.39 is 41.1 Å². The molecule has 0 aromatic rings. The Bertz CT molecular complexity index is 313. The third kappa shape index (κ3) is 9.84. The largest absolute Gasteiger partial charge is 0.472 e. The van der Waals surface area contributed by atoms with Gasteiger partial charge in [-0.15, -0.1) is 0 Å². The summed E-state index contributed by atoms with van der Waals surface area (Å²) in [7, 11) is -9.05. The fraction of sp³-hybridized carbons (Fsp3) is 1.00. The highest BCUT2D eigenvalue weighted by Gasteiger charge is 2.27. The standard InChI is InChI=1S/C6H16O9P2/c1-5(3-7)15-17(11,12)13-4-6(2)14-16(8,9)10/h5-7H,3-4H2,1-2H3,(H,11,12)(H2,8,9,10)/t5-,6-/m0/s1. The fourth-order valence-corrected chi connectivity index (χ4v) is 2.27. The Morgan fingerprint density at radius 1 is 1.06 bits per heavy atom. The van der Waals surface area contributed by atoms with E-state index in [-0.39, 0.29) is 0 Å². The SMILES string of the molecule is C[C@@H](COP(=O)(O)O[C@@H](C)CO)OP(=O)(O)O. The molecule has 17 heavy (non-hydrogen) atoms. The van der Waals surface area contributed by atoms with Gasteiger partial charge in [-0.25, -0.2) is 9.13 Å². The highest BCUT2D eigenvalue weighted by atomic mass is 31.2. The molecule has 0 aliphatic carbocycles. The summed E-state index contributed by atoms with van der Waals surface area (Å²) >= 11 is 0. The van der Waals surface area contributed by atoms with Crippen LogP contribution in [0.4, 0.5) is 0 Å². The van der Waals surface area contributed by atoms with Crippen LogP contribution in [0.25, 0.3) is 0 Å². The zero-order chi connectivity index (χ0) is 13.7. The minimum atomic E-state index is -4.67. The summed E-state index contributed by atoms with van der Waals surface area (Å²) in [6.45, 7) is 1.58. The second-order valence-corrected chi connectivity index (χ2v) is 5.87. The van der Waals surface area contributed by atoms with E-state index in [2.05, 4.69) is 13.6 Å². The van der Waals surface area contributed by atoms with Gasteiger partial charge in [0, 0.05) is 0 Å². The van der Waals surface area contributed by atoms with Gasteiger partial charge in [0.25, 0.3) is 0 Å². The van der Waals surface area contributed by atoms with Gasteiger partial charge in [0.2, 0.25) is 0 Å². The first-order chi connectivity index (χ1) is 7.56. The molecule has 104 valence electrons. The van der Waals surface area contributed by atoms with Crippen LogP contribution in [0.5, 0.6) is 0 Å². The molecule has 11 heteroatoms. The van der Waals surface area contributed by atoms with E-state index in [1.165, 1.54) is 13.8 Å². The maximum absolute atomic E-state index is 11.2. The van der Waals surface area contributed by atoms with Crippen molar-refractivity contribution in [2.24, 2.45) is 0 Å². The molecule has 0 bridgehead atoms. The Morgan fingerprint density at radius 2 is 1.59 bits per heavy atom. The topological polar surface area (TPSA) is 143 Å². The molecule has 0 aromatic carbocycles. The summed E-state index contributed by atoms with van der Waals surface area (Å²) in [5.74, 6) is 0. The molecule has 0 rings (SSSR count). The van der Waals surface area contributed by atoms with Crippen molar-refractivity contribution >= 4 is 15.6 Å². The Kier molecular flexibility index (Phi) is 7.01. The van der Waals surface area contributed by atoms with Gasteiger partial charge < -0.3 is 19.8 Å². The first kappa shape index (κ1) is 17.2. The van der Waals surface area contributed by atoms with Crippen LogP contribution in [0.3, 0.4) is 0 Å². The third-order valence-electron chi connectivity index (χ3n) is 1.36. The molecule has 3 atom stereocenters. The number of hydrogen-bond acceptors (Lipinski definition) is 6. The zero-order valence-corrected chi connectivity index (χ0v) is 11.1. The zero-order valence-electron chi connectivity index (χ0n) is 9.29. The molecule has 0 saturated heterocycles. The van der Waals surface area contributed by atoms with Crippen molar-refractivity contribution in [2.75, 3.05) is 13.2 Å². The molecule has 9 nitrogen and oxygen atoms in total. The summed E-state index contributed by atoms with van der Waals surface area (Å²) < 4.78 is 34.7. The molecule has 0 spiro atoms. The van der Waals surface area contributed by atoms with Crippen molar-refractivity contribution < 1.29 is 42.5 Å². The van der Waals surface area contributed by atoms with Crippen LogP contribution in [0.1, 0.15) is 13.8 Å². The monoisotopic (exact) mass is 294 g/mol. The molecule has 0 aliphatic heterocycles. The van der Waals surface area contributed by atoms with Crippen molar-refractivity contribution in [1.29, 1.82) is 0 Å². The van der Waals surface area contributed by atoms with Gasteiger partial charge in [-0.1, -0.05) is 0 Å². The van der Waals surface area contributed by atoms with Gasteiger partial charge in [0.05, 0.1) is 25.4 Å². The normalized spacial score (nSPS) is 19.6. The Balaban J connectivity index is 4.09. The highest BCUT2D eigenvalue weighted by Crippen LogP contribution is 2.45. The number of phosphoric acid groups is 2. The third-order valence-corrected chi connectivity index (χ3v) is 3.10. The smallest absolute Gasteiger partial charge is 0.394 e. The van der Waals surface area contributed by atoms with Crippen molar-refractivity contribution in [3.8, 4) is 0 Å². The van der Waals surface area contributed by atoms with E-state index in [4.69, 9.17) is 19.8 Å². The molecular formula is C6H16O9P2. The summed E-state index contributed by atoms with van der Waals surface area (Å²) in [6, 6.07) is 0. The van der Waals surface area contributed by atoms with Crippen LogP contribution in [0.2, 0.25) is 0 Å². The molecule has 0 heterocycles. The van der Waals surface area contributed by atoms with Gasteiger partial charge >= 0.3 is 15.6 Å².